The SMILES string of the molecule is CCCOc1cccc(C(C)c2cc(-c3ccncc3)ccc2C(N)=O)c1. The van der Waals surface area contributed by atoms with E-state index in [9.17, 15) is 4.79 Å². The number of ether oxygens (including phenoxy) is 1. The van der Waals surface area contributed by atoms with Crippen LogP contribution in [0.4, 0.5) is 0 Å². The summed E-state index contributed by atoms with van der Waals surface area (Å²) in [6.45, 7) is 4.84. The van der Waals surface area contributed by atoms with Crippen molar-refractivity contribution in [3.63, 3.8) is 0 Å². The molecule has 0 saturated carbocycles. The molecule has 0 bridgehead atoms. The number of nitrogens with two attached hydrogens (primary N) is 1. The summed E-state index contributed by atoms with van der Waals surface area (Å²) >= 11 is 0. The number of rotatable bonds is 7. The fourth-order valence-corrected chi connectivity index (χ4v) is 3.14. The first-order valence-corrected chi connectivity index (χ1v) is 9.17. The Kier molecular flexibility index (Phi) is 5.87. The molecule has 0 aliphatic carbocycles. The van der Waals surface area contributed by atoms with E-state index >= 15 is 0 Å². The maximum absolute atomic E-state index is 12.0. The first-order valence-electron chi connectivity index (χ1n) is 9.17. The van der Waals surface area contributed by atoms with Gasteiger partial charge in [0.15, 0.2) is 0 Å². The second kappa shape index (κ2) is 8.49. The van der Waals surface area contributed by atoms with E-state index in [-0.39, 0.29) is 5.92 Å². The van der Waals surface area contributed by atoms with Crippen molar-refractivity contribution in [3.8, 4) is 16.9 Å². The number of amides is 1. The Hall–Kier alpha value is -3.14. The van der Waals surface area contributed by atoms with Gasteiger partial charge < -0.3 is 10.5 Å². The van der Waals surface area contributed by atoms with Crippen molar-refractivity contribution in [3.05, 3.63) is 83.7 Å². The van der Waals surface area contributed by atoms with Gasteiger partial charge in [0.25, 0.3) is 0 Å². The first-order chi connectivity index (χ1) is 13.1. The third kappa shape index (κ3) is 4.34. The second-order valence-electron chi connectivity index (χ2n) is 6.54. The van der Waals surface area contributed by atoms with Crippen LogP contribution in [0.5, 0.6) is 5.75 Å². The molecule has 2 aromatic carbocycles. The predicted molar refractivity (Wildman–Crippen MR) is 108 cm³/mol. The molecule has 138 valence electrons. The van der Waals surface area contributed by atoms with E-state index in [0.29, 0.717) is 12.2 Å². The molecule has 3 aromatic rings. The van der Waals surface area contributed by atoms with Gasteiger partial charge in [0, 0.05) is 23.9 Å². The zero-order valence-corrected chi connectivity index (χ0v) is 15.7. The van der Waals surface area contributed by atoms with Gasteiger partial charge in [-0.2, -0.15) is 0 Å². The summed E-state index contributed by atoms with van der Waals surface area (Å²) in [5.74, 6) is 0.420. The number of benzene rings is 2. The number of primary amides is 1. The second-order valence-corrected chi connectivity index (χ2v) is 6.54. The molecule has 3 rings (SSSR count). The van der Waals surface area contributed by atoms with Gasteiger partial charge in [-0.15, -0.1) is 0 Å². The van der Waals surface area contributed by atoms with Crippen LogP contribution in [-0.4, -0.2) is 17.5 Å². The Balaban J connectivity index is 2.02. The van der Waals surface area contributed by atoms with Gasteiger partial charge in [-0.05, 0) is 65.1 Å². The van der Waals surface area contributed by atoms with Crippen molar-refractivity contribution in [2.24, 2.45) is 5.73 Å². The predicted octanol–water partition coefficient (Wildman–Crippen LogP) is 4.79. The molecule has 4 heteroatoms. The number of carbonyl (C=O) groups is 1. The first kappa shape index (κ1) is 18.6. The Bertz CT molecular complexity index is 923. The molecule has 1 heterocycles. The summed E-state index contributed by atoms with van der Waals surface area (Å²) in [4.78, 5) is 16.1. The van der Waals surface area contributed by atoms with Crippen LogP contribution in [0.3, 0.4) is 0 Å². The van der Waals surface area contributed by atoms with E-state index in [1.807, 2.05) is 48.5 Å². The van der Waals surface area contributed by atoms with Crippen molar-refractivity contribution < 1.29 is 9.53 Å². The van der Waals surface area contributed by atoms with Gasteiger partial charge in [0.2, 0.25) is 5.91 Å². The molecule has 0 saturated heterocycles. The molecule has 2 N–H and O–H groups in total. The average Bonchev–Trinajstić information content (AvgIpc) is 2.72. The molecule has 4 nitrogen and oxygen atoms in total. The largest absolute Gasteiger partial charge is 0.494 e. The minimum atomic E-state index is -0.420. The lowest BCUT2D eigenvalue weighted by Crippen LogP contribution is -2.15. The lowest BCUT2D eigenvalue weighted by Gasteiger charge is -2.18. The van der Waals surface area contributed by atoms with E-state index in [1.165, 1.54) is 0 Å². The van der Waals surface area contributed by atoms with Crippen LogP contribution in [0.15, 0.2) is 67.0 Å². The molecule has 1 unspecified atom stereocenters. The molecule has 0 radical (unpaired) electrons. The van der Waals surface area contributed by atoms with E-state index in [1.54, 1.807) is 18.5 Å². The zero-order chi connectivity index (χ0) is 19.2. The molecule has 0 spiro atoms. The highest BCUT2D eigenvalue weighted by Gasteiger charge is 2.17. The molecular formula is C23H24N2O2. The van der Waals surface area contributed by atoms with Crippen molar-refractivity contribution >= 4 is 5.91 Å². The summed E-state index contributed by atoms with van der Waals surface area (Å²) < 4.78 is 5.75. The van der Waals surface area contributed by atoms with Gasteiger partial charge in [-0.3, -0.25) is 9.78 Å². The van der Waals surface area contributed by atoms with Crippen LogP contribution < -0.4 is 10.5 Å². The molecule has 0 aliphatic heterocycles. The lowest BCUT2D eigenvalue weighted by atomic mass is 9.87. The van der Waals surface area contributed by atoms with Crippen molar-refractivity contribution in [1.82, 2.24) is 4.98 Å². The number of hydrogen-bond acceptors (Lipinski definition) is 3. The normalized spacial score (nSPS) is 11.8. The summed E-state index contributed by atoms with van der Waals surface area (Å²) in [5, 5.41) is 0. The van der Waals surface area contributed by atoms with Crippen molar-refractivity contribution in [2.45, 2.75) is 26.2 Å². The quantitative estimate of drug-likeness (QED) is 0.659. The van der Waals surface area contributed by atoms with Crippen LogP contribution in [0, 0.1) is 0 Å². The fourth-order valence-electron chi connectivity index (χ4n) is 3.14. The number of carbonyl (C=O) groups excluding carboxylic acids is 1. The minimum absolute atomic E-state index is 0.000497. The third-order valence-electron chi connectivity index (χ3n) is 4.63. The number of hydrogen-bond donors (Lipinski definition) is 1. The van der Waals surface area contributed by atoms with Crippen LogP contribution in [0.25, 0.3) is 11.1 Å². The van der Waals surface area contributed by atoms with Crippen molar-refractivity contribution in [2.75, 3.05) is 6.61 Å². The number of aromatic nitrogens is 1. The molecule has 1 amide bonds. The molecule has 1 aromatic heterocycles. The maximum Gasteiger partial charge on any atom is 0.248 e. The molecular weight excluding hydrogens is 336 g/mol. The highest BCUT2D eigenvalue weighted by atomic mass is 16.5. The summed E-state index contributed by atoms with van der Waals surface area (Å²) in [5.41, 5.74) is 10.3. The van der Waals surface area contributed by atoms with E-state index in [0.717, 1.165) is 34.4 Å². The summed E-state index contributed by atoms with van der Waals surface area (Å²) in [6.07, 6.45) is 4.48. The van der Waals surface area contributed by atoms with Gasteiger partial charge in [-0.1, -0.05) is 32.0 Å². The van der Waals surface area contributed by atoms with E-state index in [4.69, 9.17) is 10.5 Å². The minimum Gasteiger partial charge on any atom is -0.494 e. The highest BCUT2D eigenvalue weighted by Crippen LogP contribution is 2.32. The molecule has 27 heavy (non-hydrogen) atoms. The average molecular weight is 360 g/mol. The topological polar surface area (TPSA) is 65.2 Å². The molecule has 0 aliphatic rings. The Morgan fingerprint density at radius 1 is 1.07 bits per heavy atom. The highest BCUT2D eigenvalue weighted by molar-refractivity contribution is 5.95. The lowest BCUT2D eigenvalue weighted by molar-refractivity contribution is 0.0999. The zero-order valence-electron chi connectivity index (χ0n) is 15.7. The monoisotopic (exact) mass is 360 g/mol. The third-order valence-corrected chi connectivity index (χ3v) is 4.63. The number of pyridine rings is 1. The smallest absolute Gasteiger partial charge is 0.248 e. The molecule has 1 atom stereocenters. The van der Waals surface area contributed by atoms with Gasteiger partial charge in [0.1, 0.15) is 5.75 Å². The van der Waals surface area contributed by atoms with Gasteiger partial charge in [-0.25, -0.2) is 0 Å². The van der Waals surface area contributed by atoms with Crippen LogP contribution >= 0.6 is 0 Å². The van der Waals surface area contributed by atoms with E-state index in [2.05, 4.69) is 18.8 Å². The number of nitrogens with zero attached hydrogens (tertiary/aromatic N) is 1. The maximum atomic E-state index is 12.0. The van der Waals surface area contributed by atoms with E-state index < -0.39 is 5.91 Å². The fraction of sp³-hybridized carbons (Fsp3) is 0.217. The van der Waals surface area contributed by atoms with Crippen molar-refractivity contribution in [1.29, 1.82) is 0 Å². The summed E-state index contributed by atoms with van der Waals surface area (Å²) in [6, 6.07) is 17.7. The van der Waals surface area contributed by atoms with Crippen LogP contribution in [0.1, 0.15) is 47.7 Å². The standard InChI is InChI=1S/C23H24N2O2/c1-3-13-27-20-6-4-5-18(14-20)16(2)22-15-19(7-8-21(22)23(24)26)17-9-11-25-12-10-17/h4-12,14-16H,3,13H2,1-2H3,(H2,24,26). The Morgan fingerprint density at radius 3 is 2.56 bits per heavy atom. The van der Waals surface area contributed by atoms with Gasteiger partial charge >= 0.3 is 0 Å². The summed E-state index contributed by atoms with van der Waals surface area (Å²) in [7, 11) is 0. The van der Waals surface area contributed by atoms with Gasteiger partial charge in [0.05, 0.1) is 6.61 Å². The Labute approximate surface area is 160 Å². The van der Waals surface area contributed by atoms with Crippen LogP contribution in [-0.2, 0) is 0 Å². The van der Waals surface area contributed by atoms with Crippen LogP contribution in [0.2, 0.25) is 0 Å². The molecule has 0 fully saturated rings. The Morgan fingerprint density at radius 2 is 1.85 bits per heavy atom.